The van der Waals surface area contributed by atoms with E-state index in [0.29, 0.717) is 0 Å². The monoisotopic (exact) mass is 257 g/mol. The Labute approximate surface area is 104 Å². The zero-order valence-electron chi connectivity index (χ0n) is 9.97. The van der Waals surface area contributed by atoms with E-state index < -0.39 is 24.0 Å². The van der Waals surface area contributed by atoms with Gasteiger partial charge in [0.25, 0.3) is 0 Å². The fourth-order valence-electron chi connectivity index (χ4n) is 1.51. The number of esters is 1. The SMILES string of the molecule is CCOC(=O)CC(O)C(O)c1cc(F)ccc1N. The highest BCUT2D eigenvalue weighted by Gasteiger charge is 2.24. The molecule has 0 heterocycles. The highest BCUT2D eigenvalue weighted by atomic mass is 19.1. The van der Waals surface area contributed by atoms with Crippen molar-refractivity contribution in [2.75, 3.05) is 12.3 Å². The van der Waals surface area contributed by atoms with Crippen LogP contribution in [0.25, 0.3) is 0 Å². The minimum absolute atomic E-state index is 0.0480. The lowest BCUT2D eigenvalue weighted by Gasteiger charge is -2.19. The third kappa shape index (κ3) is 3.68. The van der Waals surface area contributed by atoms with Gasteiger partial charge < -0.3 is 20.7 Å². The van der Waals surface area contributed by atoms with Crippen LogP contribution >= 0.6 is 0 Å². The van der Waals surface area contributed by atoms with E-state index in [-0.39, 0.29) is 24.3 Å². The first-order valence-corrected chi connectivity index (χ1v) is 5.52. The Hall–Kier alpha value is -1.66. The maximum Gasteiger partial charge on any atom is 0.308 e. The van der Waals surface area contributed by atoms with Gasteiger partial charge in [0.05, 0.1) is 19.1 Å². The molecule has 100 valence electrons. The van der Waals surface area contributed by atoms with Crippen molar-refractivity contribution in [2.45, 2.75) is 25.6 Å². The van der Waals surface area contributed by atoms with Gasteiger partial charge in [-0.1, -0.05) is 0 Å². The van der Waals surface area contributed by atoms with Gasteiger partial charge in [0.2, 0.25) is 0 Å². The number of hydrogen-bond donors (Lipinski definition) is 3. The van der Waals surface area contributed by atoms with Crippen LogP contribution in [0.4, 0.5) is 10.1 Å². The normalized spacial score (nSPS) is 14.0. The van der Waals surface area contributed by atoms with E-state index in [1.165, 1.54) is 6.07 Å². The van der Waals surface area contributed by atoms with Crippen molar-refractivity contribution in [3.8, 4) is 0 Å². The van der Waals surface area contributed by atoms with E-state index in [1.807, 2.05) is 0 Å². The van der Waals surface area contributed by atoms with Crippen molar-refractivity contribution < 1.29 is 24.1 Å². The van der Waals surface area contributed by atoms with E-state index in [9.17, 15) is 19.4 Å². The van der Waals surface area contributed by atoms with E-state index in [4.69, 9.17) is 5.73 Å². The summed E-state index contributed by atoms with van der Waals surface area (Å²) in [5.41, 5.74) is 5.76. The van der Waals surface area contributed by atoms with E-state index in [2.05, 4.69) is 4.74 Å². The smallest absolute Gasteiger partial charge is 0.308 e. The minimum Gasteiger partial charge on any atom is -0.466 e. The Morgan fingerprint density at radius 2 is 2.17 bits per heavy atom. The molecule has 4 N–H and O–H groups in total. The zero-order valence-corrected chi connectivity index (χ0v) is 9.97. The lowest BCUT2D eigenvalue weighted by molar-refractivity contribution is -0.147. The molecule has 0 saturated carbocycles. The summed E-state index contributed by atoms with van der Waals surface area (Å²) in [7, 11) is 0. The second-order valence-electron chi connectivity index (χ2n) is 3.79. The summed E-state index contributed by atoms with van der Waals surface area (Å²) in [5.74, 6) is -1.22. The average molecular weight is 257 g/mol. The van der Waals surface area contributed by atoms with Crippen LogP contribution in [0.2, 0.25) is 0 Å². The first-order chi connectivity index (χ1) is 8.45. The van der Waals surface area contributed by atoms with Gasteiger partial charge in [0.1, 0.15) is 11.9 Å². The van der Waals surface area contributed by atoms with Gasteiger partial charge in [-0.25, -0.2) is 4.39 Å². The number of nitrogen functional groups attached to an aromatic ring is 1. The molecule has 0 amide bonds. The van der Waals surface area contributed by atoms with Crippen molar-refractivity contribution in [3.63, 3.8) is 0 Å². The number of carbonyl (C=O) groups is 1. The van der Waals surface area contributed by atoms with Crippen molar-refractivity contribution in [3.05, 3.63) is 29.6 Å². The second kappa shape index (κ2) is 6.32. The maximum absolute atomic E-state index is 13.0. The standard InChI is InChI=1S/C12H16FNO4/c1-2-18-11(16)6-10(15)12(17)8-5-7(13)3-4-9(8)14/h3-5,10,12,15,17H,2,6,14H2,1H3. The molecule has 1 aromatic carbocycles. The zero-order chi connectivity index (χ0) is 13.7. The summed E-state index contributed by atoms with van der Waals surface area (Å²) in [6.07, 6.45) is -3.22. The number of anilines is 1. The molecule has 1 aromatic rings. The van der Waals surface area contributed by atoms with Gasteiger partial charge >= 0.3 is 5.97 Å². The highest BCUT2D eigenvalue weighted by molar-refractivity contribution is 5.70. The second-order valence-corrected chi connectivity index (χ2v) is 3.79. The number of carbonyl (C=O) groups excluding carboxylic acids is 1. The number of halogens is 1. The summed E-state index contributed by atoms with van der Waals surface area (Å²) < 4.78 is 17.7. The Morgan fingerprint density at radius 3 is 2.78 bits per heavy atom. The van der Waals surface area contributed by atoms with Crippen LogP contribution in [0, 0.1) is 5.82 Å². The molecule has 0 aliphatic rings. The van der Waals surface area contributed by atoms with Crippen LogP contribution < -0.4 is 5.73 Å². The van der Waals surface area contributed by atoms with Crippen molar-refractivity contribution in [2.24, 2.45) is 0 Å². The van der Waals surface area contributed by atoms with E-state index in [0.717, 1.165) is 12.1 Å². The third-order valence-corrected chi connectivity index (χ3v) is 2.41. The van der Waals surface area contributed by atoms with Crippen LogP contribution in [0.3, 0.4) is 0 Å². The summed E-state index contributed by atoms with van der Waals surface area (Å²) in [6.45, 7) is 1.81. The predicted octanol–water partition coefficient (Wildman–Crippen LogP) is 0.755. The molecule has 0 radical (unpaired) electrons. The fourth-order valence-corrected chi connectivity index (χ4v) is 1.51. The summed E-state index contributed by atoms with van der Waals surface area (Å²) in [6, 6.07) is 3.45. The van der Waals surface area contributed by atoms with Crippen LogP contribution in [0.15, 0.2) is 18.2 Å². The van der Waals surface area contributed by atoms with Crippen LogP contribution in [-0.4, -0.2) is 28.9 Å². The lowest BCUT2D eigenvalue weighted by atomic mass is 10.0. The molecule has 0 aliphatic heterocycles. The van der Waals surface area contributed by atoms with Crippen molar-refractivity contribution in [1.82, 2.24) is 0 Å². The Bertz CT molecular complexity index is 425. The molecule has 18 heavy (non-hydrogen) atoms. The van der Waals surface area contributed by atoms with Gasteiger partial charge in [-0.05, 0) is 25.1 Å². The number of aliphatic hydroxyl groups excluding tert-OH is 2. The highest BCUT2D eigenvalue weighted by Crippen LogP contribution is 2.25. The van der Waals surface area contributed by atoms with Gasteiger partial charge in [0.15, 0.2) is 0 Å². The summed E-state index contributed by atoms with van der Waals surface area (Å²) in [5, 5.41) is 19.5. The molecule has 0 aromatic heterocycles. The molecule has 1 rings (SSSR count). The number of rotatable bonds is 5. The Morgan fingerprint density at radius 1 is 1.50 bits per heavy atom. The van der Waals surface area contributed by atoms with Crippen LogP contribution in [0.1, 0.15) is 25.0 Å². The number of nitrogens with two attached hydrogens (primary N) is 1. The molecule has 0 saturated heterocycles. The fraction of sp³-hybridized carbons (Fsp3) is 0.417. The molecule has 0 aliphatic carbocycles. The molecule has 0 spiro atoms. The molecular formula is C12H16FNO4. The van der Waals surface area contributed by atoms with Crippen molar-refractivity contribution >= 4 is 11.7 Å². The maximum atomic E-state index is 13.0. The molecule has 0 fully saturated rings. The first kappa shape index (κ1) is 14.4. The quantitative estimate of drug-likeness (QED) is 0.535. The van der Waals surface area contributed by atoms with Gasteiger partial charge in [0, 0.05) is 11.3 Å². The molecule has 6 heteroatoms. The molecular weight excluding hydrogens is 241 g/mol. The van der Waals surface area contributed by atoms with E-state index in [1.54, 1.807) is 6.92 Å². The lowest BCUT2D eigenvalue weighted by Crippen LogP contribution is -2.24. The number of benzene rings is 1. The largest absolute Gasteiger partial charge is 0.466 e. The molecule has 5 nitrogen and oxygen atoms in total. The first-order valence-electron chi connectivity index (χ1n) is 5.52. The van der Waals surface area contributed by atoms with Gasteiger partial charge in [-0.3, -0.25) is 4.79 Å². The number of aliphatic hydroxyl groups is 2. The van der Waals surface area contributed by atoms with E-state index >= 15 is 0 Å². The van der Waals surface area contributed by atoms with Crippen LogP contribution in [0.5, 0.6) is 0 Å². The average Bonchev–Trinajstić information content (AvgIpc) is 2.31. The predicted molar refractivity (Wildman–Crippen MR) is 63.0 cm³/mol. The van der Waals surface area contributed by atoms with Crippen LogP contribution in [-0.2, 0) is 9.53 Å². The molecule has 2 atom stereocenters. The summed E-state index contributed by atoms with van der Waals surface area (Å²) in [4.78, 5) is 11.1. The number of ether oxygens (including phenoxy) is 1. The number of hydrogen-bond acceptors (Lipinski definition) is 5. The van der Waals surface area contributed by atoms with Gasteiger partial charge in [-0.2, -0.15) is 0 Å². The van der Waals surface area contributed by atoms with Gasteiger partial charge in [-0.15, -0.1) is 0 Å². The van der Waals surface area contributed by atoms with Crippen molar-refractivity contribution in [1.29, 1.82) is 0 Å². The minimum atomic E-state index is -1.44. The Balaban J connectivity index is 2.76. The topological polar surface area (TPSA) is 92.8 Å². The molecule has 0 bridgehead atoms. The third-order valence-electron chi connectivity index (χ3n) is 2.41. The summed E-state index contributed by atoms with van der Waals surface area (Å²) >= 11 is 0. The Kier molecular flexibility index (Phi) is 5.06. The molecule has 2 unspecified atom stereocenters.